The van der Waals surface area contributed by atoms with Crippen molar-refractivity contribution in [1.82, 2.24) is 9.88 Å². The van der Waals surface area contributed by atoms with Crippen LogP contribution in [0.25, 0.3) is 10.9 Å². The van der Waals surface area contributed by atoms with E-state index in [1.807, 2.05) is 50.5 Å². The second-order valence-corrected chi connectivity index (χ2v) is 12.0. The summed E-state index contributed by atoms with van der Waals surface area (Å²) < 4.78 is 0.928. The predicted molar refractivity (Wildman–Crippen MR) is 175 cm³/mol. The lowest BCUT2D eigenvalue weighted by Gasteiger charge is -2.32. The molecule has 1 aromatic heterocycles. The van der Waals surface area contributed by atoms with E-state index in [1.165, 1.54) is 16.7 Å². The van der Waals surface area contributed by atoms with Crippen molar-refractivity contribution in [2.75, 3.05) is 39.1 Å². The zero-order valence-corrected chi connectivity index (χ0v) is 25.7. The molecule has 1 heterocycles. The Labute approximate surface area is 252 Å². The average molecular weight is 609 g/mol. The van der Waals surface area contributed by atoms with Crippen LogP contribution in [0.15, 0.2) is 114 Å². The molecule has 0 bridgehead atoms. The van der Waals surface area contributed by atoms with E-state index in [4.69, 9.17) is 4.98 Å². The number of aliphatic hydroxyl groups is 1. The van der Waals surface area contributed by atoms with Gasteiger partial charge in [-0.15, -0.1) is 0 Å². The summed E-state index contributed by atoms with van der Waals surface area (Å²) in [6.45, 7) is 1.56. The van der Waals surface area contributed by atoms with Crippen molar-refractivity contribution in [3.8, 4) is 0 Å². The number of hydrogen-bond acceptors (Lipinski definition) is 4. The number of benzene rings is 4. The van der Waals surface area contributed by atoms with Gasteiger partial charge in [-0.2, -0.15) is 0 Å². The van der Waals surface area contributed by atoms with E-state index in [0.717, 1.165) is 58.3 Å². The summed E-state index contributed by atoms with van der Waals surface area (Å²) in [5.41, 5.74) is 5.03. The summed E-state index contributed by atoms with van der Waals surface area (Å²) in [6, 6.07) is 37.6. The number of rotatable bonds is 11. The summed E-state index contributed by atoms with van der Waals surface area (Å²) in [6.07, 6.45) is 2.24. The van der Waals surface area contributed by atoms with Gasteiger partial charge in [-0.3, -0.25) is 0 Å². The van der Waals surface area contributed by atoms with Crippen LogP contribution in [0, 0.1) is 0 Å². The molecule has 210 valence electrons. The molecule has 5 rings (SSSR count). The number of anilines is 1. The molecule has 0 aliphatic carbocycles. The highest BCUT2D eigenvalue weighted by molar-refractivity contribution is 9.10. The van der Waals surface area contributed by atoms with Gasteiger partial charge in [0.1, 0.15) is 11.4 Å². The molecule has 0 aliphatic heterocycles. The van der Waals surface area contributed by atoms with E-state index in [1.54, 1.807) is 0 Å². The van der Waals surface area contributed by atoms with Gasteiger partial charge in [0, 0.05) is 42.0 Å². The Morgan fingerprint density at radius 3 is 2.00 bits per heavy atom. The van der Waals surface area contributed by atoms with Crippen LogP contribution in [0.3, 0.4) is 0 Å². The maximum Gasteiger partial charge on any atom is 0.132 e. The first-order chi connectivity index (χ1) is 19.8. The molecule has 1 unspecified atom stereocenters. The molecule has 0 radical (unpaired) electrons. The molecule has 5 aromatic rings. The van der Waals surface area contributed by atoms with Crippen molar-refractivity contribution in [3.05, 3.63) is 141 Å². The van der Waals surface area contributed by atoms with Gasteiger partial charge in [0.15, 0.2) is 0 Å². The Bertz CT molecular complexity index is 1580. The molecule has 0 saturated carbocycles. The van der Waals surface area contributed by atoms with E-state index in [9.17, 15) is 5.11 Å². The van der Waals surface area contributed by atoms with Gasteiger partial charge in [0.25, 0.3) is 0 Å². The van der Waals surface area contributed by atoms with Crippen molar-refractivity contribution in [2.45, 2.75) is 24.9 Å². The van der Waals surface area contributed by atoms with E-state index in [0.29, 0.717) is 6.42 Å². The van der Waals surface area contributed by atoms with E-state index < -0.39 is 5.60 Å². The molecule has 0 fully saturated rings. The van der Waals surface area contributed by atoms with Gasteiger partial charge in [0.05, 0.1) is 5.52 Å². The lowest BCUT2D eigenvalue weighted by molar-refractivity contribution is 0.0641. The Hall–Kier alpha value is -3.51. The molecule has 1 N–H and O–H groups in total. The SMILES string of the molecule is CN(C)CCC(O)(c1ccccc1)c1cc(Br)cc2cc(Cc3ccccc3)c(N(C)CCc3ccccc3)nc12. The molecule has 0 amide bonds. The van der Waals surface area contributed by atoms with Crippen molar-refractivity contribution >= 4 is 32.7 Å². The van der Waals surface area contributed by atoms with Crippen LogP contribution in [-0.4, -0.2) is 49.2 Å². The Balaban J connectivity index is 1.66. The summed E-state index contributed by atoms with van der Waals surface area (Å²) in [4.78, 5) is 9.75. The largest absolute Gasteiger partial charge is 0.380 e. The van der Waals surface area contributed by atoms with Gasteiger partial charge >= 0.3 is 0 Å². The molecule has 5 heteroatoms. The fraction of sp³-hybridized carbons (Fsp3) is 0.250. The third-order valence-electron chi connectivity index (χ3n) is 7.73. The quantitative estimate of drug-likeness (QED) is 0.169. The minimum absolute atomic E-state index is 0.544. The zero-order valence-electron chi connectivity index (χ0n) is 24.1. The highest BCUT2D eigenvalue weighted by atomic mass is 79.9. The minimum Gasteiger partial charge on any atom is -0.380 e. The summed E-state index contributed by atoms with van der Waals surface area (Å²) in [5, 5.41) is 13.5. The van der Waals surface area contributed by atoms with Gasteiger partial charge in [0.2, 0.25) is 0 Å². The first-order valence-corrected chi connectivity index (χ1v) is 15.0. The fourth-order valence-electron chi connectivity index (χ4n) is 5.46. The van der Waals surface area contributed by atoms with Crippen molar-refractivity contribution in [3.63, 3.8) is 0 Å². The van der Waals surface area contributed by atoms with Crippen molar-refractivity contribution < 1.29 is 5.11 Å². The fourth-order valence-corrected chi connectivity index (χ4v) is 5.93. The molecule has 41 heavy (non-hydrogen) atoms. The second kappa shape index (κ2) is 13.0. The van der Waals surface area contributed by atoms with Crippen LogP contribution in [0.1, 0.15) is 34.2 Å². The number of likely N-dealkylation sites (N-methyl/N-ethyl adjacent to an activating group) is 1. The van der Waals surface area contributed by atoms with Gasteiger partial charge in [-0.25, -0.2) is 4.98 Å². The monoisotopic (exact) mass is 607 g/mol. The summed E-state index contributed by atoms with van der Waals surface area (Å²) >= 11 is 3.76. The van der Waals surface area contributed by atoms with Crippen LogP contribution in [0.2, 0.25) is 0 Å². The lowest BCUT2D eigenvalue weighted by atomic mass is 9.82. The van der Waals surface area contributed by atoms with Crippen molar-refractivity contribution in [2.24, 2.45) is 0 Å². The van der Waals surface area contributed by atoms with Crippen LogP contribution in [0.4, 0.5) is 5.82 Å². The van der Waals surface area contributed by atoms with Crippen LogP contribution in [-0.2, 0) is 18.4 Å². The third-order valence-corrected chi connectivity index (χ3v) is 8.19. The summed E-state index contributed by atoms with van der Waals surface area (Å²) in [7, 11) is 6.20. The van der Waals surface area contributed by atoms with Crippen LogP contribution in [0.5, 0.6) is 0 Å². The maximum absolute atomic E-state index is 12.5. The number of pyridine rings is 1. The maximum atomic E-state index is 12.5. The van der Waals surface area contributed by atoms with Gasteiger partial charge in [-0.1, -0.05) is 107 Å². The van der Waals surface area contributed by atoms with Gasteiger partial charge < -0.3 is 14.9 Å². The predicted octanol–water partition coefficient (Wildman–Crippen LogP) is 7.45. The second-order valence-electron chi connectivity index (χ2n) is 11.1. The molecular formula is C36H38BrN3O. The third kappa shape index (κ3) is 6.87. The number of halogens is 1. The highest BCUT2D eigenvalue weighted by Gasteiger charge is 2.34. The molecule has 1 atom stereocenters. The van der Waals surface area contributed by atoms with E-state index in [-0.39, 0.29) is 0 Å². The molecular weight excluding hydrogens is 570 g/mol. The van der Waals surface area contributed by atoms with Gasteiger partial charge in [-0.05, 0) is 67.4 Å². The molecule has 4 nitrogen and oxygen atoms in total. The Kier molecular flexibility index (Phi) is 9.19. The lowest BCUT2D eigenvalue weighted by Crippen LogP contribution is -2.32. The van der Waals surface area contributed by atoms with Crippen LogP contribution >= 0.6 is 15.9 Å². The molecule has 4 aromatic carbocycles. The molecule has 0 spiro atoms. The number of hydrogen-bond donors (Lipinski definition) is 1. The number of aromatic nitrogens is 1. The summed E-state index contributed by atoms with van der Waals surface area (Å²) in [5.74, 6) is 0.948. The standard InChI is InChI=1S/C36H38BrN3O/c1-39(2)22-20-36(41,31-17-11-6-12-18-31)33-26-32(37)25-29-24-30(23-28-15-9-5-10-16-28)35(38-34(29)33)40(3)21-19-27-13-7-4-8-14-27/h4-18,24-26,41H,19-23H2,1-3H3. The molecule has 0 saturated heterocycles. The topological polar surface area (TPSA) is 39.6 Å². The normalized spacial score (nSPS) is 12.9. The van der Waals surface area contributed by atoms with E-state index in [2.05, 4.69) is 106 Å². The molecule has 0 aliphatic rings. The van der Waals surface area contributed by atoms with E-state index >= 15 is 0 Å². The zero-order chi connectivity index (χ0) is 28.8. The number of fused-ring (bicyclic) bond motifs is 1. The van der Waals surface area contributed by atoms with Crippen LogP contribution < -0.4 is 4.90 Å². The smallest absolute Gasteiger partial charge is 0.132 e. The first-order valence-electron chi connectivity index (χ1n) is 14.2. The average Bonchev–Trinajstić information content (AvgIpc) is 2.99. The van der Waals surface area contributed by atoms with Crippen molar-refractivity contribution in [1.29, 1.82) is 0 Å². The minimum atomic E-state index is -1.21. The Morgan fingerprint density at radius 2 is 1.37 bits per heavy atom. The highest BCUT2D eigenvalue weighted by Crippen LogP contribution is 2.40. The number of nitrogens with zero attached hydrogens (tertiary/aromatic N) is 3. The Morgan fingerprint density at radius 1 is 0.756 bits per heavy atom. The first kappa shape index (κ1) is 29.0.